The molecule has 176 valence electrons. The van der Waals surface area contributed by atoms with Gasteiger partial charge in [-0.15, -0.1) is 0 Å². The molecule has 0 radical (unpaired) electrons. The number of carbonyl (C=O) groups excluding carboxylic acids is 1. The van der Waals surface area contributed by atoms with E-state index in [0.717, 1.165) is 23.9 Å². The van der Waals surface area contributed by atoms with Crippen molar-refractivity contribution in [2.45, 2.75) is 43.5 Å². The minimum absolute atomic E-state index is 0.188. The van der Waals surface area contributed by atoms with Gasteiger partial charge in [-0.1, -0.05) is 0 Å². The number of aromatic amines is 1. The van der Waals surface area contributed by atoms with Crippen LogP contribution in [0.2, 0.25) is 0 Å². The van der Waals surface area contributed by atoms with Gasteiger partial charge in [0.25, 0.3) is 0 Å². The molecule has 9 nitrogen and oxygen atoms in total. The fourth-order valence-electron chi connectivity index (χ4n) is 4.82. The molecule has 0 unspecified atom stereocenters. The van der Waals surface area contributed by atoms with Crippen molar-refractivity contribution in [3.8, 4) is 0 Å². The number of rotatable bonds is 6. The summed E-state index contributed by atoms with van der Waals surface area (Å²) in [6, 6.07) is 3.98. The van der Waals surface area contributed by atoms with Crippen LogP contribution in [-0.4, -0.2) is 96.3 Å². The molecule has 4 rings (SSSR count). The SMILES string of the molecule is CN(C)CC(C)(C)OC(=O)N1CC(S(=O)(=O)N2CCC(c3c[nH]c4ncccc34)CC2)C1. The van der Waals surface area contributed by atoms with Crippen LogP contribution in [0.25, 0.3) is 11.0 Å². The second-order valence-electron chi connectivity index (χ2n) is 9.75. The Labute approximate surface area is 189 Å². The Morgan fingerprint density at radius 2 is 1.97 bits per heavy atom. The zero-order valence-corrected chi connectivity index (χ0v) is 20.1. The number of nitrogens with zero attached hydrogens (tertiary/aromatic N) is 4. The van der Waals surface area contributed by atoms with E-state index in [2.05, 4.69) is 16.0 Å². The summed E-state index contributed by atoms with van der Waals surface area (Å²) in [6.45, 7) is 5.67. The van der Waals surface area contributed by atoms with Gasteiger partial charge in [0.2, 0.25) is 10.0 Å². The van der Waals surface area contributed by atoms with Gasteiger partial charge in [-0.25, -0.2) is 22.5 Å². The maximum Gasteiger partial charge on any atom is 0.410 e. The van der Waals surface area contributed by atoms with Crippen molar-refractivity contribution in [1.29, 1.82) is 0 Å². The molecule has 2 aromatic heterocycles. The van der Waals surface area contributed by atoms with Crippen LogP contribution in [0.4, 0.5) is 4.79 Å². The molecule has 0 aromatic carbocycles. The number of fused-ring (bicyclic) bond motifs is 1. The van der Waals surface area contributed by atoms with Gasteiger partial charge in [-0.3, -0.25) is 0 Å². The second-order valence-corrected chi connectivity index (χ2v) is 12.0. The number of hydrogen-bond acceptors (Lipinski definition) is 6. The molecular formula is C22H33N5O4S. The average molecular weight is 464 g/mol. The van der Waals surface area contributed by atoms with Gasteiger partial charge in [0.1, 0.15) is 16.5 Å². The quantitative estimate of drug-likeness (QED) is 0.705. The zero-order valence-electron chi connectivity index (χ0n) is 19.2. The topological polar surface area (TPSA) is 98.8 Å². The van der Waals surface area contributed by atoms with Gasteiger partial charge < -0.3 is 19.5 Å². The number of ether oxygens (including phenoxy) is 1. The van der Waals surface area contributed by atoms with Gasteiger partial charge >= 0.3 is 6.09 Å². The molecule has 2 aliphatic heterocycles. The fraction of sp³-hybridized carbons (Fsp3) is 0.636. The average Bonchev–Trinajstić information content (AvgIpc) is 3.09. The molecule has 2 fully saturated rings. The highest BCUT2D eigenvalue weighted by atomic mass is 32.2. The summed E-state index contributed by atoms with van der Waals surface area (Å²) in [4.78, 5) is 23.4. The first-order valence-electron chi connectivity index (χ1n) is 11.1. The summed E-state index contributed by atoms with van der Waals surface area (Å²) in [5, 5.41) is 0.556. The maximum atomic E-state index is 13.1. The lowest BCUT2D eigenvalue weighted by Gasteiger charge is -2.42. The summed E-state index contributed by atoms with van der Waals surface area (Å²) in [6.07, 6.45) is 4.87. The van der Waals surface area contributed by atoms with Crippen LogP contribution in [0.5, 0.6) is 0 Å². The van der Waals surface area contributed by atoms with Gasteiger partial charge in [0.15, 0.2) is 0 Å². The number of aromatic nitrogens is 2. The van der Waals surface area contributed by atoms with Crippen molar-refractivity contribution in [2.24, 2.45) is 0 Å². The first-order chi connectivity index (χ1) is 15.1. The normalized spacial score (nSPS) is 19.5. The van der Waals surface area contributed by atoms with E-state index in [9.17, 15) is 13.2 Å². The first kappa shape index (κ1) is 23.0. The molecule has 0 spiro atoms. The van der Waals surface area contributed by atoms with E-state index in [-0.39, 0.29) is 13.1 Å². The highest BCUT2D eigenvalue weighted by molar-refractivity contribution is 7.89. The summed E-state index contributed by atoms with van der Waals surface area (Å²) >= 11 is 0. The Hall–Kier alpha value is -2.17. The van der Waals surface area contributed by atoms with Crippen molar-refractivity contribution in [2.75, 3.05) is 46.8 Å². The van der Waals surface area contributed by atoms with Gasteiger partial charge in [0, 0.05) is 50.5 Å². The summed E-state index contributed by atoms with van der Waals surface area (Å²) in [5.41, 5.74) is 1.44. The molecule has 0 aliphatic carbocycles. The molecule has 2 aromatic rings. The van der Waals surface area contributed by atoms with E-state index in [4.69, 9.17) is 4.74 Å². The van der Waals surface area contributed by atoms with Crippen molar-refractivity contribution in [3.05, 3.63) is 30.1 Å². The van der Waals surface area contributed by atoms with Crippen molar-refractivity contribution in [1.82, 2.24) is 24.1 Å². The van der Waals surface area contributed by atoms with Crippen LogP contribution >= 0.6 is 0 Å². The number of piperidine rings is 1. The summed E-state index contributed by atoms with van der Waals surface area (Å²) < 4.78 is 33.4. The van der Waals surface area contributed by atoms with E-state index in [1.807, 2.05) is 45.1 Å². The summed E-state index contributed by atoms with van der Waals surface area (Å²) in [5.74, 6) is 0.311. The molecule has 2 saturated heterocycles. The van der Waals surface area contributed by atoms with E-state index in [0.29, 0.717) is 25.6 Å². The Bertz CT molecular complexity index is 1070. The number of H-pyrrole nitrogens is 1. The fourth-order valence-corrected chi connectivity index (χ4v) is 6.70. The molecule has 0 atom stereocenters. The molecule has 4 heterocycles. The van der Waals surface area contributed by atoms with Crippen molar-refractivity contribution < 1.29 is 17.9 Å². The number of likely N-dealkylation sites (tertiary alicyclic amines) is 1. The zero-order chi connectivity index (χ0) is 23.1. The molecule has 0 saturated carbocycles. The van der Waals surface area contributed by atoms with Crippen LogP contribution < -0.4 is 0 Å². The second kappa shape index (κ2) is 8.64. The minimum Gasteiger partial charge on any atom is -0.442 e. The third-order valence-corrected chi connectivity index (χ3v) is 8.55. The van der Waals surface area contributed by atoms with E-state index < -0.39 is 27.0 Å². The molecular weight excluding hydrogens is 430 g/mol. The Kier molecular flexibility index (Phi) is 6.21. The van der Waals surface area contributed by atoms with Crippen LogP contribution in [0.15, 0.2) is 24.5 Å². The monoisotopic (exact) mass is 463 g/mol. The molecule has 1 amide bonds. The van der Waals surface area contributed by atoms with Gasteiger partial charge in [0.05, 0.1) is 0 Å². The number of amides is 1. The van der Waals surface area contributed by atoms with Crippen molar-refractivity contribution >= 4 is 27.1 Å². The highest BCUT2D eigenvalue weighted by Crippen LogP contribution is 2.34. The lowest BCUT2D eigenvalue weighted by molar-refractivity contribution is -0.00911. The Morgan fingerprint density at radius 3 is 2.62 bits per heavy atom. The third-order valence-electron chi connectivity index (χ3n) is 6.32. The molecule has 1 N–H and O–H groups in total. The Morgan fingerprint density at radius 1 is 1.28 bits per heavy atom. The third kappa shape index (κ3) is 4.62. The number of sulfonamides is 1. The Balaban J connectivity index is 1.30. The first-order valence-corrected chi connectivity index (χ1v) is 12.6. The molecule has 2 aliphatic rings. The number of likely N-dealkylation sites (N-methyl/N-ethyl adjacent to an activating group) is 1. The van der Waals surface area contributed by atoms with Crippen LogP contribution in [0, 0.1) is 0 Å². The minimum atomic E-state index is -3.43. The van der Waals surface area contributed by atoms with E-state index in [1.165, 1.54) is 10.5 Å². The number of carbonyl (C=O) groups is 1. The predicted molar refractivity (Wildman–Crippen MR) is 123 cm³/mol. The van der Waals surface area contributed by atoms with Crippen LogP contribution in [0.3, 0.4) is 0 Å². The standard InChI is InChI=1S/C22H33N5O4S/c1-22(2,15-25(3)4)31-21(28)26-13-17(14-26)32(29,30)27-10-7-16(8-11-27)19-12-24-20-18(19)6-5-9-23-20/h5-6,9,12,16-17H,7-8,10-11,13-15H2,1-4H3,(H,23,24). The predicted octanol–water partition coefficient (Wildman–Crippen LogP) is 2.23. The summed E-state index contributed by atoms with van der Waals surface area (Å²) in [7, 11) is 0.400. The van der Waals surface area contributed by atoms with Gasteiger partial charge in [-0.2, -0.15) is 0 Å². The lowest BCUT2D eigenvalue weighted by atomic mass is 9.90. The molecule has 32 heavy (non-hydrogen) atoms. The number of hydrogen-bond donors (Lipinski definition) is 1. The van der Waals surface area contributed by atoms with Gasteiger partial charge in [-0.05, 0) is 64.4 Å². The highest BCUT2D eigenvalue weighted by Gasteiger charge is 2.45. The smallest absolute Gasteiger partial charge is 0.410 e. The number of pyridine rings is 1. The molecule has 0 bridgehead atoms. The van der Waals surface area contributed by atoms with E-state index in [1.54, 1.807) is 10.5 Å². The maximum absolute atomic E-state index is 13.1. The molecule has 10 heteroatoms. The van der Waals surface area contributed by atoms with Crippen LogP contribution in [-0.2, 0) is 14.8 Å². The van der Waals surface area contributed by atoms with Crippen LogP contribution in [0.1, 0.15) is 38.2 Å². The largest absolute Gasteiger partial charge is 0.442 e. The van der Waals surface area contributed by atoms with E-state index >= 15 is 0 Å². The lowest BCUT2D eigenvalue weighted by Crippen LogP contribution is -2.61. The van der Waals surface area contributed by atoms with Crippen molar-refractivity contribution in [3.63, 3.8) is 0 Å². The number of nitrogens with one attached hydrogen (secondary N) is 1.